The van der Waals surface area contributed by atoms with E-state index in [4.69, 9.17) is 53.0 Å². The zero-order valence-corrected chi connectivity index (χ0v) is 37.0. The highest BCUT2D eigenvalue weighted by molar-refractivity contribution is 5.68. The molecular formula is C45H60N6O10. The van der Waals surface area contributed by atoms with Gasteiger partial charge in [0.15, 0.2) is 23.0 Å². The molecule has 0 radical (unpaired) electrons. The molecule has 0 saturated carbocycles. The van der Waals surface area contributed by atoms with Crippen molar-refractivity contribution in [2.24, 2.45) is 0 Å². The predicted molar refractivity (Wildman–Crippen MR) is 231 cm³/mol. The first-order valence-electron chi connectivity index (χ1n) is 20.3. The number of carbonyl (C=O) groups is 1. The summed E-state index contributed by atoms with van der Waals surface area (Å²) < 4.78 is 48.1. The van der Waals surface area contributed by atoms with Crippen molar-refractivity contribution in [3.8, 4) is 40.5 Å². The number of aliphatic hydroxyl groups is 1. The van der Waals surface area contributed by atoms with Crippen LogP contribution in [-0.4, -0.2) is 110 Å². The average Bonchev–Trinajstić information content (AvgIpc) is 3.65. The van der Waals surface area contributed by atoms with Gasteiger partial charge in [0.1, 0.15) is 41.3 Å². The summed E-state index contributed by atoms with van der Waals surface area (Å²) in [5.41, 5.74) is 3.32. The third-order valence-corrected chi connectivity index (χ3v) is 9.74. The maximum Gasteiger partial charge on any atom is 0.410 e. The molecule has 0 aliphatic carbocycles. The van der Waals surface area contributed by atoms with Gasteiger partial charge in [-0.3, -0.25) is 0 Å². The first kappa shape index (κ1) is 45.9. The summed E-state index contributed by atoms with van der Waals surface area (Å²) in [5, 5.41) is 14.8. The maximum absolute atomic E-state index is 12.4. The van der Waals surface area contributed by atoms with Crippen LogP contribution < -0.4 is 38.1 Å². The minimum atomic E-state index is -0.595. The highest BCUT2D eigenvalue weighted by atomic mass is 16.6. The van der Waals surface area contributed by atoms with Crippen LogP contribution in [0.1, 0.15) is 69.3 Å². The second kappa shape index (κ2) is 21.4. The van der Waals surface area contributed by atoms with Gasteiger partial charge in [-0.05, 0) is 69.2 Å². The van der Waals surface area contributed by atoms with Crippen LogP contribution in [0.4, 0.5) is 10.6 Å². The van der Waals surface area contributed by atoms with Crippen LogP contribution in [0.25, 0.3) is 5.65 Å². The lowest BCUT2D eigenvalue weighted by Gasteiger charge is -2.27. The molecule has 1 amide bonds. The molecule has 330 valence electrons. The van der Waals surface area contributed by atoms with Crippen molar-refractivity contribution in [1.29, 1.82) is 0 Å². The third-order valence-electron chi connectivity index (χ3n) is 9.74. The van der Waals surface area contributed by atoms with E-state index in [2.05, 4.69) is 11.8 Å². The topological polar surface area (TPSA) is 161 Å². The van der Waals surface area contributed by atoms with Crippen molar-refractivity contribution in [3.63, 3.8) is 0 Å². The van der Waals surface area contributed by atoms with Gasteiger partial charge in [0.2, 0.25) is 0 Å². The average molecular weight is 845 g/mol. The Kier molecular flexibility index (Phi) is 16.1. The number of benzene rings is 3. The predicted octanol–water partition coefficient (Wildman–Crippen LogP) is 7.14. The number of rotatable bonds is 22. The van der Waals surface area contributed by atoms with Gasteiger partial charge < -0.3 is 52.8 Å². The second-order valence-corrected chi connectivity index (χ2v) is 15.4. The van der Waals surface area contributed by atoms with Crippen molar-refractivity contribution in [3.05, 3.63) is 83.2 Å². The number of hydrogen-bond acceptors (Lipinski definition) is 14. The van der Waals surface area contributed by atoms with Crippen LogP contribution in [-0.2, 0) is 24.2 Å². The lowest BCUT2D eigenvalue weighted by Crippen LogP contribution is -2.36. The summed E-state index contributed by atoms with van der Waals surface area (Å²) in [5.74, 6) is 4.17. The van der Waals surface area contributed by atoms with Crippen molar-refractivity contribution < 1.29 is 47.8 Å². The largest absolute Gasteiger partial charge is 0.497 e. The molecule has 0 aliphatic rings. The lowest BCUT2D eigenvalue weighted by molar-refractivity contribution is 0.0278. The Bertz CT molecular complexity index is 2140. The molecule has 0 fully saturated rings. The normalized spacial score (nSPS) is 11.8. The van der Waals surface area contributed by atoms with Gasteiger partial charge in [-0.25, -0.2) is 14.3 Å². The second-order valence-electron chi connectivity index (χ2n) is 15.4. The first-order chi connectivity index (χ1) is 29.3. The van der Waals surface area contributed by atoms with Gasteiger partial charge in [0.25, 0.3) is 0 Å². The molecule has 2 aromatic heterocycles. The quantitative estimate of drug-likeness (QED) is 0.0749. The fraction of sp³-hybridized carbons (Fsp3) is 0.467. The first-order valence-corrected chi connectivity index (χ1v) is 20.3. The number of nitrogens with zero attached hydrogens (tertiary/aromatic N) is 6. The summed E-state index contributed by atoms with van der Waals surface area (Å²) in [4.78, 5) is 25.9. The van der Waals surface area contributed by atoms with Crippen LogP contribution in [0.5, 0.6) is 40.5 Å². The number of likely N-dealkylation sites (N-methyl/N-ethyl adjacent to an activating group) is 1. The number of aliphatic hydroxyl groups excluding tert-OH is 1. The van der Waals surface area contributed by atoms with Crippen LogP contribution in [0.2, 0.25) is 0 Å². The maximum atomic E-state index is 12.4. The number of ether oxygens (including phenoxy) is 8. The molecule has 0 aliphatic heterocycles. The van der Waals surface area contributed by atoms with Crippen LogP contribution >= 0.6 is 0 Å². The Morgan fingerprint density at radius 1 is 0.820 bits per heavy atom. The molecule has 0 spiro atoms. The number of fused-ring (bicyclic) bond motifs is 1. The summed E-state index contributed by atoms with van der Waals surface area (Å²) in [6, 6.07) is 17.2. The Hall–Kier alpha value is -6.16. The molecule has 0 bridgehead atoms. The van der Waals surface area contributed by atoms with E-state index in [9.17, 15) is 9.90 Å². The van der Waals surface area contributed by atoms with Crippen molar-refractivity contribution in [1.82, 2.24) is 24.5 Å². The molecule has 1 N–H and O–H groups in total. The minimum Gasteiger partial charge on any atom is -0.497 e. The van der Waals surface area contributed by atoms with Crippen molar-refractivity contribution >= 4 is 17.6 Å². The zero-order valence-electron chi connectivity index (χ0n) is 37.0. The zero-order chi connectivity index (χ0) is 44.1. The van der Waals surface area contributed by atoms with Crippen LogP contribution in [0.3, 0.4) is 0 Å². The van der Waals surface area contributed by atoms with E-state index in [0.717, 1.165) is 28.8 Å². The highest BCUT2D eigenvalue weighted by Gasteiger charge is 2.25. The standard InChI is InChI=1S/C45H60N6O10/c1-11-12-34(19-21-52)60-43-47-42(50(28-31-14-16-35(54-6)25-38(31)56-8)29-32-15-17-36(55-7)26-39(32)57-9)41-46-27-33(51(41)48-43)23-30-13-18-37(40(24-30)58-10)59-22-20-49(5)44(53)61-45(2,3)4/h13-18,24-27,34,52H,11-12,19-23,28-29H2,1-10H3. The van der Waals surface area contributed by atoms with E-state index in [0.29, 0.717) is 84.9 Å². The summed E-state index contributed by atoms with van der Waals surface area (Å²) in [7, 11) is 9.73. The number of anilines is 1. The smallest absolute Gasteiger partial charge is 0.410 e. The summed E-state index contributed by atoms with van der Waals surface area (Å²) in [6.45, 7) is 8.75. The van der Waals surface area contributed by atoms with E-state index in [-0.39, 0.29) is 25.3 Å². The molecule has 61 heavy (non-hydrogen) atoms. The number of carbonyl (C=O) groups excluding carboxylic acids is 1. The lowest BCUT2D eigenvalue weighted by atomic mass is 10.1. The van der Waals surface area contributed by atoms with Gasteiger partial charge in [-0.2, -0.15) is 4.98 Å². The fourth-order valence-electron chi connectivity index (χ4n) is 6.61. The summed E-state index contributed by atoms with van der Waals surface area (Å²) in [6.07, 6.45) is 3.42. The number of amides is 1. The van der Waals surface area contributed by atoms with Gasteiger partial charge in [-0.15, -0.1) is 5.10 Å². The Morgan fingerprint density at radius 3 is 2.02 bits per heavy atom. The molecule has 1 unspecified atom stereocenters. The molecule has 5 aromatic rings. The number of aromatic nitrogens is 4. The Balaban J connectivity index is 1.55. The fourth-order valence-corrected chi connectivity index (χ4v) is 6.61. The molecule has 3 aromatic carbocycles. The molecule has 1 atom stereocenters. The third kappa shape index (κ3) is 12.2. The monoisotopic (exact) mass is 844 g/mol. The number of hydrogen-bond donors (Lipinski definition) is 1. The molecular weight excluding hydrogens is 785 g/mol. The minimum absolute atomic E-state index is 0.0429. The highest BCUT2D eigenvalue weighted by Crippen LogP contribution is 2.34. The van der Waals surface area contributed by atoms with E-state index < -0.39 is 11.7 Å². The molecule has 0 saturated heterocycles. The van der Waals surface area contributed by atoms with E-state index >= 15 is 0 Å². The van der Waals surface area contributed by atoms with Gasteiger partial charge in [0, 0.05) is 62.8 Å². The summed E-state index contributed by atoms with van der Waals surface area (Å²) >= 11 is 0. The molecule has 16 heteroatoms. The number of methoxy groups -OCH3 is 5. The van der Waals surface area contributed by atoms with Gasteiger partial charge in [-0.1, -0.05) is 19.4 Å². The van der Waals surface area contributed by atoms with E-state index in [1.54, 1.807) is 53.3 Å². The van der Waals surface area contributed by atoms with Crippen molar-refractivity contribution in [2.45, 2.75) is 78.2 Å². The Morgan fingerprint density at radius 2 is 1.46 bits per heavy atom. The molecule has 2 heterocycles. The van der Waals surface area contributed by atoms with E-state index in [1.165, 1.54) is 4.90 Å². The Labute approximate surface area is 358 Å². The SMILES string of the molecule is CCCC(CCO)Oc1nc(N(Cc2ccc(OC)cc2OC)Cc2ccc(OC)cc2OC)c2ncc(Cc3ccc(OCCN(C)C(=O)OC(C)(C)C)c(OC)c3)n2n1. The molecule has 5 rings (SSSR count). The molecule has 16 nitrogen and oxygen atoms in total. The van der Waals surface area contributed by atoms with Gasteiger partial charge >= 0.3 is 12.1 Å². The van der Waals surface area contributed by atoms with Crippen LogP contribution in [0, 0.1) is 0 Å². The number of imidazole rings is 1. The van der Waals surface area contributed by atoms with Gasteiger partial charge in [0.05, 0.1) is 54.0 Å². The van der Waals surface area contributed by atoms with Crippen molar-refractivity contribution in [2.75, 3.05) is 67.3 Å². The van der Waals surface area contributed by atoms with Crippen LogP contribution in [0.15, 0.2) is 60.8 Å². The van der Waals surface area contributed by atoms with E-state index in [1.807, 2.05) is 75.4 Å².